The van der Waals surface area contributed by atoms with Gasteiger partial charge in [0.05, 0.1) is 5.60 Å². The Bertz CT molecular complexity index is 390. The van der Waals surface area contributed by atoms with Gasteiger partial charge < -0.3 is 10.4 Å². The van der Waals surface area contributed by atoms with Crippen molar-refractivity contribution in [3.8, 4) is 0 Å². The van der Waals surface area contributed by atoms with Crippen LogP contribution in [0.25, 0.3) is 0 Å². The fourth-order valence-electron chi connectivity index (χ4n) is 5.42. The predicted octanol–water partition coefficient (Wildman–Crippen LogP) is 2.87. The molecule has 0 saturated heterocycles. The third kappa shape index (κ3) is 2.61. The monoisotopic (exact) mass is 279 g/mol. The van der Waals surface area contributed by atoms with Crippen LogP contribution in [0.1, 0.15) is 65.7 Å². The summed E-state index contributed by atoms with van der Waals surface area (Å²) in [5, 5.41) is 13.9. The van der Waals surface area contributed by atoms with E-state index in [1.807, 2.05) is 0 Å². The Balaban J connectivity index is 1.66. The Morgan fingerprint density at radius 2 is 1.80 bits per heavy atom. The second-order valence-electron chi connectivity index (χ2n) is 8.46. The van der Waals surface area contributed by atoms with Gasteiger partial charge in [-0.3, -0.25) is 4.79 Å². The molecule has 0 radical (unpaired) electrons. The van der Waals surface area contributed by atoms with E-state index >= 15 is 0 Å². The van der Waals surface area contributed by atoms with Crippen LogP contribution in [0.2, 0.25) is 0 Å². The zero-order valence-electron chi connectivity index (χ0n) is 13.1. The first-order valence-corrected chi connectivity index (χ1v) is 8.31. The van der Waals surface area contributed by atoms with Gasteiger partial charge >= 0.3 is 0 Å². The Morgan fingerprint density at radius 1 is 1.20 bits per heavy atom. The van der Waals surface area contributed by atoms with Crippen molar-refractivity contribution in [3.05, 3.63) is 0 Å². The van der Waals surface area contributed by atoms with Gasteiger partial charge in [0, 0.05) is 12.5 Å². The summed E-state index contributed by atoms with van der Waals surface area (Å²) < 4.78 is 0. The molecule has 3 atom stereocenters. The summed E-state index contributed by atoms with van der Waals surface area (Å²) in [4.78, 5) is 12.4. The molecule has 0 aromatic carbocycles. The highest BCUT2D eigenvalue weighted by atomic mass is 16.3. The summed E-state index contributed by atoms with van der Waals surface area (Å²) in [7, 11) is 0. The van der Waals surface area contributed by atoms with Gasteiger partial charge in [0.2, 0.25) is 5.91 Å². The standard InChI is InChI=1S/C17H29NO2/c1-11(2)12(3)18-15(19)9-16-5-13-4-14(6-16)8-17(20,7-13)10-16/h11-14,20H,4-10H2,1-3H3,(H,18,19). The third-order valence-electron chi connectivity index (χ3n) is 6.08. The van der Waals surface area contributed by atoms with Crippen LogP contribution in [0, 0.1) is 23.2 Å². The molecule has 0 heterocycles. The zero-order chi connectivity index (χ0) is 14.5. The van der Waals surface area contributed by atoms with Gasteiger partial charge in [-0.15, -0.1) is 0 Å². The molecule has 0 aliphatic heterocycles. The molecule has 2 N–H and O–H groups in total. The summed E-state index contributed by atoms with van der Waals surface area (Å²) in [6.45, 7) is 6.35. The molecule has 4 bridgehead atoms. The van der Waals surface area contributed by atoms with Crippen LogP contribution in [0.5, 0.6) is 0 Å². The first-order chi connectivity index (χ1) is 9.29. The van der Waals surface area contributed by atoms with Crippen LogP contribution in [0.15, 0.2) is 0 Å². The number of hydrogen-bond acceptors (Lipinski definition) is 2. The zero-order valence-corrected chi connectivity index (χ0v) is 13.1. The van der Waals surface area contributed by atoms with Crippen molar-refractivity contribution >= 4 is 5.91 Å². The SMILES string of the molecule is CC(C)C(C)NC(=O)CC12CC3CC(CC(O)(C3)C1)C2. The highest BCUT2D eigenvalue weighted by molar-refractivity contribution is 5.77. The van der Waals surface area contributed by atoms with Crippen LogP contribution >= 0.6 is 0 Å². The number of rotatable bonds is 4. The molecule has 4 fully saturated rings. The number of carbonyl (C=O) groups is 1. The van der Waals surface area contributed by atoms with Crippen molar-refractivity contribution in [3.63, 3.8) is 0 Å². The van der Waals surface area contributed by atoms with Crippen LogP contribution in [-0.4, -0.2) is 22.7 Å². The lowest BCUT2D eigenvalue weighted by Crippen LogP contribution is -2.56. The molecule has 20 heavy (non-hydrogen) atoms. The van der Waals surface area contributed by atoms with E-state index in [0.29, 0.717) is 24.2 Å². The molecule has 4 aliphatic rings. The van der Waals surface area contributed by atoms with Crippen LogP contribution < -0.4 is 5.32 Å². The minimum Gasteiger partial charge on any atom is -0.390 e. The fourth-order valence-corrected chi connectivity index (χ4v) is 5.42. The molecule has 114 valence electrons. The summed E-state index contributed by atoms with van der Waals surface area (Å²) in [6, 6.07) is 0.236. The molecule has 0 spiro atoms. The first-order valence-electron chi connectivity index (χ1n) is 8.31. The molecule has 4 rings (SSSR count). The predicted molar refractivity (Wildman–Crippen MR) is 79.1 cm³/mol. The molecule has 1 amide bonds. The lowest BCUT2D eigenvalue weighted by Gasteiger charge is -2.60. The van der Waals surface area contributed by atoms with Gasteiger partial charge in [0.1, 0.15) is 0 Å². The minimum absolute atomic E-state index is 0.0968. The van der Waals surface area contributed by atoms with E-state index in [4.69, 9.17) is 0 Å². The van der Waals surface area contributed by atoms with Crippen molar-refractivity contribution < 1.29 is 9.90 Å². The van der Waals surface area contributed by atoms with Crippen molar-refractivity contribution in [2.75, 3.05) is 0 Å². The maximum absolute atomic E-state index is 12.4. The number of aliphatic hydroxyl groups is 1. The quantitative estimate of drug-likeness (QED) is 0.831. The Kier molecular flexibility index (Phi) is 3.39. The second kappa shape index (κ2) is 4.72. The minimum atomic E-state index is -0.450. The lowest BCUT2D eigenvalue weighted by atomic mass is 9.47. The molecule has 3 nitrogen and oxygen atoms in total. The average molecular weight is 279 g/mol. The van der Waals surface area contributed by atoms with Gasteiger partial charge in [0.25, 0.3) is 0 Å². The molecular weight excluding hydrogens is 250 g/mol. The van der Waals surface area contributed by atoms with E-state index in [-0.39, 0.29) is 17.4 Å². The van der Waals surface area contributed by atoms with E-state index in [2.05, 4.69) is 26.1 Å². The molecule has 0 aromatic heterocycles. The van der Waals surface area contributed by atoms with Gasteiger partial charge in [0.15, 0.2) is 0 Å². The number of amides is 1. The molecule has 4 saturated carbocycles. The smallest absolute Gasteiger partial charge is 0.220 e. The summed E-state index contributed by atoms with van der Waals surface area (Å²) in [5.41, 5.74) is -0.354. The van der Waals surface area contributed by atoms with Crippen LogP contribution in [0.4, 0.5) is 0 Å². The number of carbonyl (C=O) groups excluding carboxylic acids is 1. The van der Waals surface area contributed by atoms with E-state index in [1.165, 1.54) is 6.42 Å². The maximum atomic E-state index is 12.4. The summed E-state index contributed by atoms with van der Waals surface area (Å²) in [6.07, 6.45) is 7.05. The molecular formula is C17H29NO2. The lowest BCUT2D eigenvalue weighted by molar-refractivity contribution is -0.169. The second-order valence-corrected chi connectivity index (χ2v) is 8.46. The van der Waals surface area contributed by atoms with Gasteiger partial charge in [-0.05, 0) is 68.6 Å². The normalized spacial score (nSPS) is 43.9. The molecule has 0 aromatic rings. The van der Waals surface area contributed by atoms with E-state index < -0.39 is 5.60 Å². The molecule has 3 unspecified atom stereocenters. The Labute approximate surface area is 122 Å². The highest BCUT2D eigenvalue weighted by Gasteiger charge is 2.57. The van der Waals surface area contributed by atoms with E-state index in [0.717, 1.165) is 32.1 Å². The van der Waals surface area contributed by atoms with Gasteiger partial charge in [-0.25, -0.2) is 0 Å². The fraction of sp³-hybridized carbons (Fsp3) is 0.941. The van der Waals surface area contributed by atoms with Crippen LogP contribution in [-0.2, 0) is 4.79 Å². The van der Waals surface area contributed by atoms with Crippen molar-refractivity contribution in [2.45, 2.75) is 77.4 Å². The van der Waals surface area contributed by atoms with Crippen molar-refractivity contribution in [2.24, 2.45) is 23.2 Å². The summed E-state index contributed by atoms with van der Waals surface area (Å²) in [5.74, 6) is 1.99. The van der Waals surface area contributed by atoms with Crippen LogP contribution in [0.3, 0.4) is 0 Å². The third-order valence-corrected chi connectivity index (χ3v) is 6.08. The number of hydrogen-bond donors (Lipinski definition) is 2. The first kappa shape index (κ1) is 14.4. The average Bonchev–Trinajstić information content (AvgIpc) is 2.23. The van der Waals surface area contributed by atoms with E-state index in [9.17, 15) is 9.90 Å². The largest absolute Gasteiger partial charge is 0.390 e. The molecule has 3 heteroatoms. The molecule has 4 aliphatic carbocycles. The number of nitrogens with one attached hydrogen (secondary N) is 1. The Hall–Kier alpha value is -0.570. The van der Waals surface area contributed by atoms with E-state index in [1.54, 1.807) is 0 Å². The highest BCUT2D eigenvalue weighted by Crippen LogP contribution is 2.62. The maximum Gasteiger partial charge on any atom is 0.220 e. The summed E-state index contributed by atoms with van der Waals surface area (Å²) >= 11 is 0. The Morgan fingerprint density at radius 3 is 2.30 bits per heavy atom. The van der Waals surface area contributed by atoms with Gasteiger partial charge in [-0.1, -0.05) is 13.8 Å². The van der Waals surface area contributed by atoms with Gasteiger partial charge in [-0.2, -0.15) is 0 Å². The van der Waals surface area contributed by atoms with Crippen molar-refractivity contribution in [1.82, 2.24) is 5.32 Å². The van der Waals surface area contributed by atoms with Crippen molar-refractivity contribution in [1.29, 1.82) is 0 Å². The topological polar surface area (TPSA) is 49.3 Å².